The fraction of sp³-hybridized carbons (Fsp3) is 0. The van der Waals surface area contributed by atoms with Crippen LogP contribution in [0.15, 0.2) is 126 Å². The van der Waals surface area contributed by atoms with Crippen LogP contribution in [0.3, 0.4) is 0 Å². The van der Waals surface area contributed by atoms with E-state index in [9.17, 15) is 82.6 Å². The van der Waals surface area contributed by atoms with Gasteiger partial charge in [-0.3, -0.25) is 0 Å². The summed E-state index contributed by atoms with van der Waals surface area (Å²) in [7, 11) is -33.2. The smallest absolute Gasteiger partial charge is 0.744 e. The predicted molar refractivity (Wildman–Crippen MR) is 208 cm³/mol. The Bertz CT molecular complexity index is 3390. The Morgan fingerprint density at radius 1 is 0.353 bits per heavy atom. The number of rotatable bonds is 12. The first-order chi connectivity index (χ1) is 28.4. The van der Waals surface area contributed by atoms with Gasteiger partial charge in [0.25, 0.3) is 0 Å². The molecule has 6 rings (SSSR count). The van der Waals surface area contributed by atoms with Crippen LogP contribution in [-0.4, -0.2) is 83.9 Å². The van der Waals surface area contributed by atoms with E-state index in [1.807, 2.05) is 0 Å². The third-order valence-electron chi connectivity index (χ3n) is 8.48. The molecular formula is C33H20N4Na6O19S6. The first-order valence-corrected chi connectivity index (χ1v) is 24.7. The molecule has 0 saturated carbocycles. The number of hydrogen-bond donors (Lipinski definition) is 4. The fourth-order valence-corrected chi connectivity index (χ4v) is 10.1. The van der Waals surface area contributed by atoms with Crippen molar-refractivity contribution in [1.29, 1.82) is 0 Å². The predicted octanol–water partition coefficient (Wildman–Crippen LogP) is -15.4. The van der Waals surface area contributed by atoms with E-state index in [-0.39, 0.29) is 224 Å². The van der Waals surface area contributed by atoms with E-state index in [0.717, 1.165) is 12.1 Å². The third-order valence-corrected chi connectivity index (χ3v) is 13.6. The number of benzene rings is 6. The Balaban J connectivity index is 0.00000748. The minimum absolute atomic E-state index is 0. The first kappa shape index (κ1) is 68.2. The van der Waals surface area contributed by atoms with Gasteiger partial charge < -0.3 is 48.6 Å². The maximum absolute atomic E-state index is 13.1. The van der Waals surface area contributed by atoms with Crippen molar-refractivity contribution in [1.82, 2.24) is 0 Å². The Morgan fingerprint density at radius 3 is 0.926 bits per heavy atom. The topological polar surface area (TPSA) is 408 Å². The molecule has 0 aliphatic carbocycles. The van der Waals surface area contributed by atoms with Gasteiger partial charge in [-0.15, -0.1) is 0 Å². The molecule has 0 fully saturated rings. The van der Waals surface area contributed by atoms with Crippen molar-refractivity contribution in [2.45, 2.75) is 29.4 Å². The van der Waals surface area contributed by atoms with Gasteiger partial charge in [-0.05, 0) is 84.9 Å². The number of anilines is 6. The van der Waals surface area contributed by atoms with Gasteiger partial charge in [0, 0.05) is 55.7 Å². The summed E-state index contributed by atoms with van der Waals surface area (Å²) >= 11 is 0. The summed E-state index contributed by atoms with van der Waals surface area (Å²) in [5.41, 5.74) is -0.652. The average molecular weight is 1110 g/mol. The van der Waals surface area contributed by atoms with Gasteiger partial charge in [-0.1, -0.05) is 12.1 Å². The maximum atomic E-state index is 13.1. The Kier molecular flexibility index (Phi) is 25.7. The van der Waals surface area contributed by atoms with Crippen LogP contribution in [0.2, 0.25) is 0 Å². The van der Waals surface area contributed by atoms with E-state index in [4.69, 9.17) is 0 Å². The molecule has 0 bridgehead atoms. The van der Waals surface area contributed by atoms with E-state index in [0.29, 0.717) is 24.3 Å². The van der Waals surface area contributed by atoms with Crippen LogP contribution in [0.5, 0.6) is 0 Å². The van der Waals surface area contributed by atoms with Gasteiger partial charge >= 0.3 is 183 Å². The number of carbonyl (C=O) groups excluding carboxylic acids is 1. The van der Waals surface area contributed by atoms with Crippen molar-refractivity contribution in [3.63, 3.8) is 0 Å². The second kappa shape index (κ2) is 25.6. The Hall–Kier alpha value is 0.170. The molecule has 328 valence electrons. The summed E-state index contributed by atoms with van der Waals surface area (Å²) in [6, 6.07) is 14.0. The number of fused-ring (bicyclic) bond motifs is 2. The zero-order valence-electron chi connectivity index (χ0n) is 35.9. The number of carbonyl (C=O) groups is 1. The van der Waals surface area contributed by atoms with Crippen molar-refractivity contribution in [2.75, 3.05) is 21.3 Å². The summed E-state index contributed by atoms with van der Waals surface area (Å²) in [6.45, 7) is 0. The minimum Gasteiger partial charge on any atom is -0.744 e. The summed E-state index contributed by atoms with van der Waals surface area (Å²) in [5.74, 6) is 0. The number of amides is 2. The molecule has 6 aromatic rings. The molecule has 0 aliphatic rings. The van der Waals surface area contributed by atoms with Crippen molar-refractivity contribution < 1.29 is 260 Å². The van der Waals surface area contributed by atoms with E-state index >= 15 is 0 Å². The third kappa shape index (κ3) is 16.6. The normalized spacial score (nSPS) is 11.7. The standard InChI is InChI=1S/C33H26N4O19S6.6Na/c38-33(36-19-5-1-3-17(11-19)34-25-7-9-27(59(45,46)47)23-13-21(57(39,40)41)15-29(31(23)25)61(51,52)53)37-20-6-2-4-18(12-20)35-26-8-10-28(60(48,49)50)24-14-22(58(42,43)44)16-30(32(24)26)62(54,55)56;;;;;;/h1-16,34-35H,(H2,36,37,38)(H,39,40,41)(H,42,43,44)(H,45,46,47)(H,48,49,50)(H,51,52,53)(H,54,55,56);;;;;;/q;6*+1/p-6. The quantitative estimate of drug-likeness (QED) is 0.0653. The number of nitrogens with one attached hydrogen (secondary N) is 4. The monoisotopic (exact) mass is 1110 g/mol. The van der Waals surface area contributed by atoms with Crippen LogP contribution < -0.4 is 199 Å². The van der Waals surface area contributed by atoms with Crippen LogP contribution in [0, 0.1) is 0 Å². The van der Waals surface area contributed by atoms with Crippen LogP contribution in [0.25, 0.3) is 21.5 Å². The molecule has 35 heteroatoms. The van der Waals surface area contributed by atoms with Crippen molar-refractivity contribution in [3.05, 3.63) is 97.1 Å². The van der Waals surface area contributed by atoms with Crippen LogP contribution >= 0.6 is 0 Å². The maximum Gasteiger partial charge on any atom is 1.00 e. The second-order valence-corrected chi connectivity index (χ2v) is 20.8. The van der Waals surface area contributed by atoms with Crippen LogP contribution in [0.4, 0.5) is 38.9 Å². The zero-order chi connectivity index (χ0) is 46.0. The van der Waals surface area contributed by atoms with Gasteiger partial charge in [0.15, 0.2) is 0 Å². The molecule has 2 amide bonds. The van der Waals surface area contributed by atoms with Crippen molar-refractivity contribution in [2.24, 2.45) is 0 Å². The number of hydrogen-bond acceptors (Lipinski definition) is 21. The molecule has 4 N–H and O–H groups in total. The van der Waals surface area contributed by atoms with E-state index in [1.165, 1.54) is 48.5 Å². The molecule has 0 atom stereocenters. The van der Waals surface area contributed by atoms with Gasteiger partial charge in [0.2, 0.25) is 0 Å². The first-order valence-electron chi connectivity index (χ1n) is 16.2. The van der Waals surface area contributed by atoms with Gasteiger partial charge in [-0.2, -0.15) is 0 Å². The van der Waals surface area contributed by atoms with Crippen molar-refractivity contribution >= 4 is 122 Å². The molecule has 68 heavy (non-hydrogen) atoms. The second-order valence-electron chi connectivity index (χ2n) is 12.6. The summed E-state index contributed by atoms with van der Waals surface area (Å²) in [4.78, 5) is 5.41. The Morgan fingerprint density at radius 2 is 0.647 bits per heavy atom. The minimum atomic E-state index is -5.66. The fourth-order valence-electron chi connectivity index (χ4n) is 6.07. The van der Waals surface area contributed by atoms with E-state index in [1.54, 1.807) is 0 Å². The molecule has 0 radical (unpaired) electrons. The van der Waals surface area contributed by atoms with Crippen molar-refractivity contribution in [3.8, 4) is 0 Å². The molecule has 23 nitrogen and oxygen atoms in total. The summed E-state index contributed by atoms with van der Waals surface area (Å²) in [6.07, 6.45) is 0. The van der Waals surface area contributed by atoms with E-state index in [2.05, 4.69) is 21.3 Å². The van der Waals surface area contributed by atoms with E-state index < -0.39 is 118 Å². The molecule has 0 unspecified atom stereocenters. The van der Waals surface area contributed by atoms with Crippen LogP contribution in [0.1, 0.15) is 0 Å². The van der Waals surface area contributed by atoms with Gasteiger partial charge in [-0.25, -0.2) is 55.3 Å². The molecule has 0 spiro atoms. The van der Waals surface area contributed by atoms with Gasteiger partial charge in [0.1, 0.15) is 60.7 Å². The molecule has 6 aromatic carbocycles. The molecule has 0 aromatic heterocycles. The van der Waals surface area contributed by atoms with Crippen LogP contribution in [-0.2, 0) is 60.7 Å². The molecule has 0 heterocycles. The Labute approximate surface area is 521 Å². The molecule has 0 aliphatic heterocycles. The zero-order valence-corrected chi connectivity index (χ0v) is 52.8. The average Bonchev–Trinajstić information content (AvgIpc) is 3.11. The summed E-state index contributed by atoms with van der Waals surface area (Å²) < 4.78 is 216. The molecular weight excluding hydrogens is 1090 g/mol. The number of urea groups is 1. The SMILES string of the molecule is O=C(Nc1cccc(Nc2ccc(S(=O)(=O)[O-])c3cc(S(=O)(=O)[O-])cc(S(=O)(=O)[O-])c23)c1)Nc1cccc(Nc2ccc(S(=O)(=O)[O-])c3cc(S(=O)(=O)[O-])cc(S(=O)(=O)[O-])c23)c1.[Na+].[Na+].[Na+].[Na+].[Na+].[Na+]. The summed E-state index contributed by atoms with van der Waals surface area (Å²) in [5, 5.41) is 6.96. The largest absolute Gasteiger partial charge is 1.00 e. The molecule has 0 saturated heterocycles. The van der Waals surface area contributed by atoms with Gasteiger partial charge in [0.05, 0.1) is 29.4 Å².